The Morgan fingerprint density at radius 3 is 2.86 bits per heavy atom. The predicted octanol–water partition coefficient (Wildman–Crippen LogP) is 2.39. The van der Waals surface area contributed by atoms with Crippen LogP contribution in [0.1, 0.15) is 17.5 Å². The van der Waals surface area contributed by atoms with Gasteiger partial charge in [-0.3, -0.25) is 4.90 Å². The third kappa shape index (κ3) is 2.83. The molecule has 3 rings (SSSR count). The molecule has 4 nitrogen and oxygen atoms in total. The Kier molecular flexibility index (Phi) is 3.32. The quantitative estimate of drug-likeness (QED) is 0.912. The lowest BCUT2D eigenvalue weighted by Crippen LogP contribution is -2.36. The van der Waals surface area contributed by atoms with Crippen LogP contribution in [-0.4, -0.2) is 36.2 Å². The number of amides is 1. The zero-order valence-electron chi connectivity index (χ0n) is 11.2. The van der Waals surface area contributed by atoms with Gasteiger partial charge in [-0.25, -0.2) is 4.79 Å². The molecule has 2 saturated heterocycles. The van der Waals surface area contributed by atoms with Crippen LogP contribution < -0.4 is 5.32 Å². The Morgan fingerprint density at radius 1 is 1.38 bits per heavy atom. The molecule has 21 heavy (non-hydrogen) atoms. The number of nitrogens with one attached hydrogen (secondary N) is 1. The first-order valence-corrected chi connectivity index (χ1v) is 6.73. The van der Waals surface area contributed by atoms with Crippen LogP contribution in [0.4, 0.5) is 18.0 Å². The van der Waals surface area contributed by atoms with Crippen molar-refractivity contribution in [1.29, 1.82) is 0 Å². The van der Waals surface area contributed by atoms with E-state index in [0.29, 0.717) is 18.7 Å². The Hall–Kier alpha value is -1.76. The number of halogens is 3. The van der Waals surface area contributed by atoms with Crippen LogP contribution in [0.25, 0.3) is 0 Å². The lowest BCUT2D eigenvalue weighted by atomic mass is 10.0. The van der Waals surface area contributed by atoms with Crippen LogP contribution in [-0.2, 0) is 17.5 Å². The van der Waals surface area contributed by atoms with Gasteiger partial charge in [-0.05, 0) is 24.2 Å². The second kappa shape index (κ2) is 4.91. The molecule has 1 N–H and O–H groups in total. The molecule has 1 aromatic carbocycles. The fraction of sp³-hybridized carbons (Fsp3) is 0.500. The second-order valence-corrected chi connectivity index (χ2v) is 5.53. The minimum atomic E-state index is -4.38. The van der Waals surface area contributed by atoms with Crippen molar-refractivity contribution in [3.63, 3.8) is 0 Å². The highest BCUT2D eigenvalue weighted by atomic mass is 19.4. The molecule has 114 valence electrons. The van der Waals surface area contributed by atoms with Gasteiger partial charge in [0.2, 0.25) is 0 Å². The zero-order chi connectivity index (χ0) is 15.1. The number of carbonyl (C=O) groups is 1. The molecule has 1 spiro atoms. The van der Waals surface area contributed by atoms with E-state index >= 15 is 0 Å². The SMILES string of the molecule is O=C1OC2(CCNC2)CN1Cc1cccc(C(F)(F)F)c1. The average molecular weight is 300 g/mol. The maximum absolute atomic E-state index is 12.7. The first kappa shape index (κ1) is 14.2. The molecular weight excluding hydrogens is 285 g/mol. The maximum Gasteiger partial charge on any atom is 0.416 e. The predicted molar refractivity (Wildman–Crippen MR) is 68.6 cm³/mol. The highest BCUT2D eigenvalue weighted by molar-refractivity contribution is 5.71. The van der Waals surface area contributed by atoms with Crippen LogP contribution in [0.3, 0.4) is 0 Å². The van der Waals surface area contributed by atoms with Gasteiger partial charge in [-0.1, -0.05) is 12.1 Å². The summed E-state index contributed by atoms with van der Waals surface area (Å²) in [4.78, 5) is 13.3. The Labute approximate surface area is 119 Å². The van der Waals surface area contributed by atoms with Crippen LogP contribution in [0.15, 0.2) is 24.3 Å². The smallest absolute Gasteiger partial charge is 0.416 e. The second-order valence-electron chi connectivity index (χ2n) is 5.53. The van der Waals surface area contributed by atoms with Gasteiger partial charge in [0.05, 0.1) is 12.1 Å². The Bertz CT molecular complexity index is 553. The first-order valence-electron chi connectivity index (χ1n) is 6.73. The minimum Gasteiger partial charge on any atom is -0.439 e. The van der Waals surface area contributed by atoms with Crippen LogP contribution in [0.2, 0.25) is 0 Å². The van der Waals surface area contributed by atoms with Crippen molar-refractivity contribution in [3.8, 4) is 0 Å². The number of alkyl halides is 3. The summed E-state index contributed by atoms with van der Waals surface area (Å²) in [6.45, 7) is 1.92. The average Bonchev–Trinajstić information content (AvgIpc) is 2.97. The van der Waals surface area contributed by atoms with Crippen molar-refractivity contribution in [3.05, 3.63) is 35.4 Å². The fourth-order valence-electron chi connectivity index (χ4n) is 2.82. The van der Waals surface area contributed by atoms with E-state index in [1.807, 2.05) is 0 Å². The largest absolute Gasteiger partial charge is 0.439 e. The summed E-state index contributed by atoms with van der Waals surface area (Å²) in [5, 5.41) is 3.14. The van der Waals surface area contributed by atoms with Crippen molar-refractivity contribution < 1.29 is 22.7 Å². The van der Waals surface area contributed by atoms with E-state index in [0.717, 1.165) is 25.1 Å². The summed E-state index contributed by atoms with van der Waals surface area (Å²) in [5.41, 5.74) is -0.770. The Balaban J connectivity index is 1.74. The molecule has 0 aliphatic carbocycles. The van der Waals surface area contributed by atoms with E-state index in [1.165, 1.54) is 11.0 Å². The van der Waals surface area contributed by atoms with E-state index in [2.05, 4.69) is 5.32 Å². The van der Waals surface area contributed by atoms with Crippen molar-refractivity contribution in [2.45, 2.75) is 24.7 Å². The number of hydrogen-bond donors (Lipinski definition) is 1. The molecule has 0 saturated carbocycles. The van der Waals surface area contributed by atoms with Crippen molar-refractivity contribution in [1.82, 2.24) is 10.2 Å². The third-order valence-corrected chi connectivity index (χ3v) is 3.87. The molecule has 1 unspecified atom stereocenters. The molecule has 0 aromatic heterocycles. The molecule has 2 fully saturated rings. The molecule has 7 heteroatoms. The number of rotatable bonds is 2. The maximum atomic E-state index is 12.7. The summed E-state index contributed by atoms with van der Waals surface area (Å²) >= 11 is 0. The fourth-order valence-corrected chi connectivity index (χ4v) is 2.82. The van der Waals surface area contributed by atoms with Gasteiger partial charge in [-0.2, -0.15) is 13.2 Å². The van der Waals surface area contributed by atoms with Gasteiger partial charge >= 0.3 is 12.3 Å². The van der Waals surface area contributed by atoms with Gasteiger partial charge in [0.1, 0.15) is 5.60 Å². The van der Waals surface area contributed by atoms with E-state index in [1.54, 1.807) is 6.07 Å². The minimum absolute atomic E-state index is 0.129. The topological polar surface area (TPSA) is 41.6 Å². The monoisotopic (exact) mass is 300 g/mol. The van der Waals surface area contributed by atoms with Crippen molar-refractivity contribution in [2.24, 2.45) is 0 Å². The van der Waals surface area contributed by atoms with Crippen molar-refractivity contribution >= 4 is 6.09 Å². The number of nitrogens with zero attached hydrogens (tertiary/aromatic N) is 1. The van der Waals surface area contributed by atoms with Gasteiger partial charge in [0.25, 0.3) is 0 Å². The number of carbonyl (C=O) groups excluding carboxylic acids is 1. The zero-order valence-corrected chi connectivity index (χ0v) is 11.2. The molecule has 2 heterocycles. The van der Waals surface area contributed by atoms with Crippen LogP contribution in [0, 0.1) is 0 Å². The number of ether oxygens (including phenoxy) is 1. The molecule has 2 aliphatic heterocycles. The first-order chi connectivity index (χ1) is 9.88. The van der Waals surface area contributed by atoms with Crippen LogP contribution in [0.5, 0.6) is 0 Å². The van der Waals surface area contributed by atoms with E-state index < -0.39 is 23.4 Å². The van der Waals surface area contributed by atoms with E-state index in [4.69, 9.17) is 4.74 Å². The molecule has 1 atom stereocenters. The highest BCUT2D eigenvalue weighted by Crippen LogP contribution is 2.32. The normalized spacial score (nSPS) is 25.7. The summed E-state index contributed by atoms with van der Waals surface area (Å²) in [7, 11) is 0. The Morgan fingerprint density at radius 2 is 2.19 bits per heavy atom. The summed E-state index contributed by atoms with van der Waals surface area (Å²) in [6, 6.07) is 5.03. The highest BCUT2D eigenvalue weighted by Gasteiger charge is 2.47. The summed E-state index contributed by atoms with van der Waals surface area (Å²) in [6.07, 6.45) is -4.10. The molecular formula is C14H15F3N2O2. The molecule has 1 amide bonds. The summed E-state index contributed by atoms with van der Waals surface area (Å²) < 4.78 is 43.4. The number of benzene rings is 1. The molecule has 0 bridgehead atoms. The van der Waals surface area contributed by atoms with Gasteiger partial charge in [-0.15, -0.1) is 0 Å². The summed E-state index contributed by atoms with van der Waals surface area (Å²) in [5.74, 6) is 0. The van der Waals surface area contributed by atoms with Crippen LogP contribution >= 0.6 is 0 Å². The third-order valence-electron chi connectivity index (χ3n) is 3.87. The van der Waals surface area contributed by atoms with E-state index in [9.17, 15) is 18.0 Å². The van der Waals surface area contributed by atoms with Crippen molar-refractivity contribution in [2.75, 3.05) is 19.6 Å². The lowest BCUT2D eigenvalue weighted by Gasteiger charge is -2.19. The molecule has 2 aliphatic rings. The van der Waals surface area contributed by atoms with E-state index in [-0.39, 0.29) is 6.54 Å². The van der Waals surface area contributed by atoms with Gasteiger partial charge < -0.3 is 10.1 Å². The molecule has 1 aromatic rings. The number of hydrogen-bond acceptors (Lipinski definition) is 3. The molecule has 0 radical (unpaired) electrons. The lowest BCUT2D eigenvalue weighted by molar-refractivity contribution is -0.137. The van der Waals surface area contributed by atoms with Gasteiger partial charge in [0.15, 0.2) is 0 Å². The standard InChI is InChI=1S/C14H15F3N2O2/c15-14(16,17)11-3-1-2-10(6-11)7-19-9-13(21-12(19)20)4-5-18-8-13/h1-3,6,18H,4-5,7-9H2. The van der Waals surface area contributed by atoms with Gasteiger partial charge in [0, 0.05) is 19.5 Å².